The number of carbonyl (C=O) groups excluding carboxylic acids is 1. The highest BCUT2D eigenvalue weighted by atomic mass is 32.1. The van der Waals surface area contributed by atoms with Gasteiger partial charge in [0.15, 0.2) is 4.87 Å². The first-order valence-corrected chi connectivity index (χ1v) is 4.11. The highest BCUT2D eigenvalue weighted by Gasteiger charge is 2.24. The summed E-state index contributed by atoms with van der Waals surface area (Å²) in [5.74, 6) is -0.464. The minimum absolute atomic E-state index is 0.433. The zero-order valence-corrected chi connectivity index (χ0v) is 7.86. The molecular formula is C7H15NO2S. The van der Waals surface area contributed by atoms with E-state index in [0.29, 0.717) is 6.61 Å². The monoisotopic (exact) mass is 177 g/mol. The molecule has 0 bridgehead atoms. The summed E-state index contributed by atoms with van der Waals surface area (Å²) in [4.78, 5) is 9.76. The summed E-state index contributed by atoms with van der Waals surface area (Å²) < 4.78 is 4.81. The van der Waals surface area contributed by atoms with Gasteiger partial charge in [-0.1, -0.05) is 13.3 Å². The van der Waals surface area contributed by atoms with Crippen molar-refractivity contribution < 1.29 is 9.53 Å². The quantitative estimate of drug-likeness (QED) is 0.291. The van der Waals surface area contributed by atoms with E-state index < -0.39 is 10.8 Å². The summed E-state index contributed by atoms with van der Waals surface area (Å²) in [7, 11) is 0. The number of unbranched alkanes of at least 4 members (excludes halogenated alkanes) is 1. The van der Waals surface area contributed by atoms with Crippen molar-refractivity contribution in [3.63, 3.8) is 0 Å². The zero-order valence-electron chi connectivity index (χ0n) is 6.96. The SMILES string of the molecule is CCCCOC(=O)C(C)(N)S. The Hall–Kier alpha value is -0.220. The van der Waals surface area contributed by atoms with E-state index in [0.717, 1.165) is 12.8 Å². The second kappa shape index (κ2) is 4.62. The van der Waals surface area contributed by atoms with Crippen molar-refractivity contribution in [1.82, 2.24) is 0 Å². The summed E-state index contributed by atoms with van der Waals surface area (Å²) in [6.45, 7) is 3.96. The molecule has 4 heteroatoms. The van der Waals surface area contributed by atoms with Gasteiger partial charge in [0.05, 0.1) is 6.61 Å². The van der Waals surface area contributed by atoms with Gasteiger partial charge in [-0.2, -0.15) is 0 Å². The molecule has 3 nitrogen and oxygen atoms in total. The minimum Gasteiger partial charge on any atom is -0.464 e. The summed E-state index contributed by atoms with van der Waals surface area (Å²) in [5.41, 5.74) is 5.35. The van der Waals surface area contributed by atoms with E-state index >= 15 is 0 Å². The maximum absolute atomic E-state index is 10.9. The van der Waals surface area contributed by atoms with E-state index in [1.54, 1.807) is 0 Å². The van der Waals surface area contributed by atoms with E-state index in [-0.39, 0.29) is 0 Å². The lowest BCUT2D eigenvalue weighted by Gasteiger charge is -2.15. The molecule has 0 aliphatic heterocycles. The molecule has 11 heavy (non-hydrogen) atoms. The van der Waals surface area contributed by atoms with Crippen LogP contribution < -0.4 is 5.73 Å². The normalized spacial score (nSPS) is 15.6. The van der Waals surface area contributed by atoms with Gasteiger partial charge in [-0.15, -0.1) is 12.6 Å². The topological polar surface area (TPSA) is 52.3 Å². The molecule has 0 aromatic rings. The maximum Gasteiger partial charge on any atom is 0.336 e. The number of carbonyl (C=O) groups is 1. The van der Waals surface area contributed by atoms with Crippen molar-refractivity contribution >= 4 is 18.6 Å². The third-order valence-corrected chi connectivity index (χ3v) is 1.33. The standard InChI is InChI=1S/C7H15NO2S/c1-3-4-5-10-6(9)7(2,8)11/h11H,3-5,8H2,1-2H3. The predicted octanol–water partition coefficient (Wildman–Crippen LogP) is 0.934. The molecule has 1 unspecified atom stereocenters. The Morgan fingerprint density at radius 2 is 2.27 bits per heavy atom. The van der Waals surface area contributed by atoms with E-state index in [4.69, 9.17) is 10.5 Å². The molecule has 0 heterocycles. The van der Waals surface area contributed by atoms with Gasteiger partial charge < -0.3 is 10.5 Å². The molecule has 0 spiro atoms. The minimum atomic E-state index is -1.16. The Labute approximate surface area is 72.7 Å². The molecular weight excluding hydrogens is 162 g/mol. The summed E-state index contributed by atoms with van der Waals surface area (Å²) in [5, 5.41) is 0. The third-order valence-electron chi connectivity index (χ3n) is 1.14. The third kappa shape index (κ3) is 5.09. The molecule has 2 N–H and O–H groups in total. The summed E-state index contributed by atoms with van der Waals surface area (Å²) in [6, 6.07) is 0. The fraction of sp³-hybridized carbons (Fsp3) is 0.857. The highest BCUT2D eigenvalue weighted by molar-refractivity contribution is 7.82. The van der Waals surface area contributed by atoms with Gasteiger partial charge in [0.1, 0.15) is 0 Å². The Kier molecular flexibility index (Phi) is 4.52. The summed E-state index contributed by atoms with van der Waals surface area (Å²) >= 11 is 3.86. The summed E-state index contributed by atoms with van der Waals surface area (Å²) in [6.07, 6.45) is 1.87. The average molecular weight is 177 g/mol. The first-order chi connectivity index (χ1) is 4.98. The van der Waals surface area contributed by atoms with Crippen LogP contribution in [-0.2, 0) is 9.53 Å². The lowest BCUT2D eigenvalue weighted by atomic mass is 10.3. The number of hydrogen-bond acceptors (Lipinski definition) is 4. The van der Waals surface area contributed by atoms with Gasteiger partial charge in [-0.3, -0.25) is 0 Å². The smallest absolute Gasteiger partial charge is 0.336 e. The fourth-order valence-corrected chi connectivity index (χ4v) is 0.520. The molecule has 0 saturated carbocycles. The van der Waals surface area contributed by atoms with E-state index in [9.17, 15) is 4.79 Å². The number of hydrogen-bond donors (Lipinski definition) is 2. The van der Waals surface area contributed by atoms with Crippen LogP contribution >= 0.6 is 12.6 Å². The Morgan fingerprint density at radius 1 is 1.73 bits per heavy atom. The van der Waals surface area contributed by atoms with Crippen LogP contribution in [-0.4, -0.2) is 17.4 Å². The van der Waals surface area contributed by atoms with Gasteiger partial charge in [0.2, 0.25) is 0 Å². The molecule has 1 atom stereocenters. The molecule has 0 aliphatic rings. The molecule has 0 aromatic heterocycles. The maximum atomic E-state index is 10.9. The van der Waals surface area contributed by atoms with Crippen LogP contribution in [0.25, 0.3) is 0 Å². The number of nitrogens with two attached hydrogens (primary N) is 1. The van der Waals surface area contributed by atoms with Crippen LogP contribution in [0.3, 0.4) is 0 Å². The molecule has 0 radical (unpaired) electrons. The van der Waals surface area contributed by atoms with Crippen molar-refractivity contribution in [2.75, 3.05) is 6.61 Å². The van der Waals surface area contributed by atoms with Crippen molar-refractivity contribution in [2.24, 2.45) is 5.73 Å². The van der Waals surface area contributed by atoms with Crippen LogP contribution in [0, 0.1) is 0 Å². The average Bonchev–Trinajstić information content (AvgIpc) is 1.86. The fourth-order valence-electron chi connectivity index (χ4n) is 0.455. The zero-order chi connectivity index (χ0) is 8.91. The molecule has 66 valence electrons. The predicted molar refractivity (Wildman–Crippen MR) is 47.4 cm³/mol. The molecule has 0 saturated heterocycles. The lowest BCUT2D eigenvalue weighted by Crippen LogP contribution is -2.40. The largest absolute Gasteiger partial charge is 0.464 e. The Balaban J connectivity index is 3.54. The first kappa shape index (κ1) is 10.8. The van der Waals surface area contributed by atoms with Gasteiger partial charge in [0.25, 0.3) is 0 Å². The van der Waals surface area contributed by atoms with E-state index in [1.807, 2.05) is 6.92 Å². The number of esters is 1. The van der Waals surface area contributed by atoms with Crippen molar-refractivity contribution in [3.8, 4) is 0 Å². The molecule has 0 aromatic carbocycles. The molecule has 0 fully saturated rings. The van der Waals surface area contributed by atoms with Crippen molar-refractivity contribution in [1.29, 1.82) is 0 Å². The van der Waals surface area contributed by atoms with Gasteiger partial charge >= 0.3 is 5.97 Å². The second-order valence-electron chi connectivity index (χ2n) is 2.64. The number of ether oxygens (including phenoxy) is 1. The van der Waals surface area contributed by atoms with Crippen LogP contribution in [0.5, 0.6) is 0 Å². The van der Waals surface area contributed by atoms with E-state index in [2.05, 4.69) is 12.6 Å². The number of rotatable bonds is 4. The second-order valence-corrected chi connectivity index (χ2v) is 3.57. The Bertz CT molecular complexity index is 131. The van der Waals surface area contributed by atoms with Crippen molar-refractivity contribution in [3.05, 3.63) is 0 Å². The van der Waals surface area contributed by atoms with Crippen LogP contribution in [0.4, 0.5) is 0 Å². The van der Waals surface area contributed by atoms with Crippen LogP contribution in [0.1, 0.15) is 26.7 Å². The first-order valence-electron chi connectivity index (χ1n) is 3.67. The van der Waals surface area contributed by atoms with Gasteiger partial charge in [-0.05, 0) is 13.3 Å². The lowest BCUT2D eigenvalue weighted by molar-refractivity contribution is -0.146. The van der Waals surface area contributed by atoms with Gasteiger partial charge in [-0.25, -0.2) is 4.79 Å². The molecule has 0 amide bonds. The number of thiol groups is 1. The van der Waals surface area contributed by atoms with Crippen LogP contribution in [0.15, 0.2) is 0 Å². The van der Waals surface area contributed by atoms with Gasteiger partial charge in [0, 0.05) is 0 Å². The highest BCUT2D eigenvalue weighted by Crippen LogP contribution is 2.06. The molecule has 0 aliphatic carbocycles. The van der Waals surface area contributed by atoms with E-state index in [1.165, 1.54) is 6.92 Å². The van der Waals surface area contributed by atoms with Crippen molar-refractivity contribution in [2.45, 2.75) is 31.6 Å². The van der Waals surface area contributed by atoms with Crippen LogP contribution in [0.2, 0.25) is 0 Å². The Morgan fingerprint density at radius 3 is 2.64 bits per heavy atom. The molecule has 0 rings (SSSR count).